The highest BCUT2D eigenvalue weighted by Crippen LogP contribution is 2.21. The van der Waals surface area contributed by atoms with Gasteiger partial charge in [0.2, 0.25) is 17.7 Å². The molecule has 2 aromatic carbocycles. The van der Waals surface area contributed by atoms with Gasteiger partial charge in [-0.15, -0.1) is 0 Å². The van der Waals surface area contributed by atoms with E-state index in [9.17, 15) is 14.4 Å². The number of nitrogens with zero attached hydrogens (tertiary/aromatic N) is 1. The zero-order valence-electron chi connectivity index (χ0n) is 16.0. The summed E-state index contributed by atoms with van der Waals surface area (Å²) in [4.78, 5) is 37.6. The largest absolute Gasteiger partial charge is 0.342 e. The average Bonchev–Trinajstić information content (AvgIpc) is 3.05. The monoisotopic (exact) mass is 379 g/mol. The Morgan fingerprint density at radius 1 is 1.00 bits per heavy atom. The van der Waals surface area contributed by atoms with Gasteiger partial charge in [-0.1, -0.05) is 30.3 Å². The molecule has 28 heavy (non-hydrogen) atoms. The molecule has 0 aliphatic carbocycles. The summed E-state index contributed by atoms with van der Waals surface area (Å²) in [5.74, 6) is -0.590. The Hall–Kier alpha value is -3.15. The summed E-state index contributed by atoms with van der Waals surface area (Å²) in [6, 6.07) is 17.1. The Labute approximate surface area is 164 Å². The van der Waals surface area contributed by atoms with Crippen LogP contribution >= 0.6 is 0 Å². The first kappa shape index (κ1) is 19.6. The van der Waals surface area contributed by atoms with E-state index in [1.165, 1.54) is 12.5 Å². The highest BCUT2D eigenvalue weighted by atomic mass is 16.2. The third kappa shape index (κ3) is 5.42. The van der Waals surface area contributed by atoms with Crippen molar-refractivity contribution in [2.45, 2.75) is 26.2 Å². The number of aryl methyl sites for hydroxylation is 1. The molecule has 0 bridgehead atoms. The van der Waals surface area contributed by atoms with Gasteiger partial charge in [-0.25, -0.2) is 0 Å². The van der Waals surface area contributed by atoms with E-state index >= 15 is 0 Å². The minimum atomic E-state index is -0.334. The van der Waals surface area contributed by atoms with Crippen molar-refractivity contribution in [1.29, 1.82) is 0 Å². The molecule has 0 saturated carbocycles. The topological polar surface area (TPSA) is 78.5 Å². The van der Waals surface area contributed by atoms with Crippen molar-refractivity contribution in [2.75, 3.05) is 23.7 Å². The molecule has 1 unspecified atom stereocenters. The summed E-state index contributed by atoms with van der Waals surface area (Å²) >= 11 is 0. The Balaban J connectivity index is 1.47. The lowest BCUT2D eigenvalue weighted by Gasteiger charge is -2.16. The van der Waals surface area contributed by atoms with Gasteiger partial charge in [0, 0.05) is 37.8 Å². The molecule has 2 N–H and O–H groups in total. The van der Waals surface area contributed by atoms with Crippen molar-refractivity contribution in [3.63, 3.8) is 0 Å². The Kier molecular flexibility index (Phi) is 6.42. The smallest absolute Gasteiger partial charge is 0.229 e. The van der Waals surface area contributed by atoms with Crippen molar-refractivity contribution in [2.24, 2.45) is 5.92 Å². The van der Waals surface area contributed by atoms with Gasteiger partial charge < -0.3 is 15.5 Å². The third-order valence-electron chi connectivity index (χ3n) is 4.79. The molecular formula is C22H25N3O3. The van der Waals surface area contributed by atoms with Gasteiger partial charge in [-0.3, -0.25) is 14.4 Å². The van der Waals surface area contributed by atoms with Crippen LogP contribution in [-0.2, 0) is 20.8 Å². The predicted octanol–water partition coefficient (Wildman–Crippen LogP) is 3.06. The molecule has 2 aromatic rings. The number of anilines is 2. The first-order chi connectivity index (χ1) is 13.5. The van der Waals surface area contributed by atoms with Crippen LogP contribution in [0.25, 0.3) is 0 Å². The van der Waals surface area contributed by atoms with Crippen molar-refractivity contribution in [1.82, 2.24) is 4.90 Å². The molecular weight excluding hydrogens is 354 g/mol. The minimum absolute atomic E-state index is 0.0363. The van der Waals surface area contributed by atoms with Gasteiger partial charge in [0.1, 0.15) is 0 Å². The van der Waals surface area contributed by atoms with Crippen LogP contribution in [0.5, 0.6) is 0 Å². The number of nitrogens with one attached hydrogen (secondary N) is 2. The fourth-order valence-corrected chi connectivity index (χ4v) is 3.37. The van der Waals surface area contributed by atoms with Gasteiger partial charge in [-0.2, -0.15) is 0 Å². The van der Waals surface area contributed by atoms with E-state index in [0.717, 1.165) is 12.8 Å². The minimum Gasteiger partial charge on any atom is -0.342 e. The van der Waals surface area contributed by atoms with E-state index in [4.69, 9.17) is 0 Å². The number of hydrogen-bond acceptors (Lipinski definition) is 3. The van der Waals surface area contributed by atoms with Gasteiger partial charge in [0.05, 0.1) is 5.92 Å². The number of hydrogen-bond donors (Lipinski definition) is 2. The molecule has 146 valence electrons. The van der Waals surface area contributed by atoms with Crippen LogP contribution < -0.4 is 10.6 Å². The summed E-state index contributed by atoms with van der Waals surface area (Å²) in [6.07, 6.45) is 2.05. The SMILES string of the molecule is CC(=O)Nc1ccc(NC(=O)C2CC(=O)N(CCCc3ccccc3)C2)cc1. The van der Waals surface area contributed by atoms with E-state index in [0.29, 0.717) is 24.5 Å². The average molecular weight is 379 g/mol. The van der Waals surface area contributed by atoms with E-state index < -0.39 is 0 Å². The third-order valence-corrected chi connectivity index (χ3v) is 4.79. The normalized spacial score (nSPS) is 16.1. The quantitative estimate of drug-likeness (QED) is 0.776. The van der Waals surface area contributed by atoms with E-state index in [1.54, 1.807) is 29.2 Å². The van der Waals surface area contributed by atoms with Crippen molar-refractivity contribution < 1.29 is 14.4 Å². The molecule has 1 aliphatic heterocycles. The van der Waals surface area contributed by atoms with Crippen LogP contribution in [0.15, 0.2) is 54.6 Å². The van der Waals surface area contributed by atoms with Crippen LogP contribution in [0, 0.1) is 5.92 Å². The molecule has 3 amide bonds. The maximum atomic E-state index is 12.5. The predicted molar refractivity (Wildman–Crippen MR) is 109 cm³/mol. The summed E-state index contributed by atoms with van der Waals surface area (Å²) < 4.78 is 0. The highest BCUT2D eigenvalue weighted by Gasteiger charge is 2.33. The summed E-state index contributed by atoms with van der Waals surface area (Å²) in [5.41, 5.74) is 2.58. The van der Waals surface area contributed by atoms with Gasteiger partial charge in [-0.05, 0) is 42.7 Å². The molecule has 1 fully saturated rings. The summed E-state index contributed by atoms with van der Waals surface area (Å²) in [5, 5.41) is 5.54. The fraction of sp³-hybridized carbons (Fsp3) is 0.318. The maximum Gasteiger partial charge on any atom is 0.229 e. The number of likely N-dealkylation sites (tertiary alicyclic amines) is 1. The Morgan fingerprint density at radius 3 is 2.29 bits per heavy atom. The van der Waals surface area contributed by atoms with E-state index in [-0.39, 0.29) is 30.1 Å². The van der Waals surface area contributed by atoms with E-state index in [2.05, 4.69) is 22.8 Å². The van der Waals surface area contributed by atoms with Crippen molar-refractivity contribution in [3.05, 3.63) is 60.2 Å². The second kappa shape index (κ2) is 9.17. The van der Waals surface area contributed by atoms with Crippen molar-refractivity contribution in [3.8, 4) is 0 Å². The zero-order chi connectivity index (χ0) is 19.9. The number of carbonyl (C=O) groups excluding carboxylic acids is 3. The highest BCUT2D eigenvalue weighted by molar-refractivity contribution is 5.97. The van der Waals surface area contributed by atoms with Crippen LogP contribution in [0.2, 0.25) is 0 Å². The molecule has 0 spiro atoms. The summed E-state index contributed by atoms with van der Waals surface area (Å²) in [6.45, 7) is 2.57. The fourth-order valence-electron chi connectivity index (χ4n) is 3.37. The van der Waals surface area contributed by atoms with Crippen LogP contribution in [0.3, 0.4) is 0 Å². The molecule has 6 nitrogen and oxygen atoms in total. The molecule has 1 aliphatic rings. The first-order valence-corrected chi connectivity index (χ1v) is 9.51. The maximum absolute atomic E-state index is 12.5. The Bertz CT molecular complexity index is 834. The molecule has 6 heteroatoms. The number of benzene rings is 2. The molecule has 1 atom stereocenters. The van der Waals surface area contributed by atoms with Gasteiger partial charge >= 0.3 is 0 Å². The molecule has 0 radical (unpaired) electrons. The lowest BCUT2D eigenvalue weighted by Crippen LogP contribution is -2.29. The number of rotatable bonds is 7. The molecule has 1 saturated heterocycles. The second-order valence-corrected chi connectivity index (χ2v) is 7.08. The zero-order valence-corrected chi connectivity index (χ0v) is 16.0. The lowest BCUT2D eigenvalue weighted by atomic mass is 10.1. The second-order valence-electron chi connectivity index (χ2n) is 7.08. The van der Waals surface area contributed by atoms with E-state index in [1.807, 2.05) is 18.2 Å². The standard InChI is InChI=1S/C22H25N3O3/c1-16(26)23-19-9-11-20(12-10-19)24-22(28)18-14-21(27)25(15-18)13-5-8-17-6-3-2-4-7-17/h2-4,6-7,9-12,18H,5,8,13-15H2,1H3,(H,23,26)(H,24,28). The summed E-state index contributed by atoms with van der Waals surface area (Å²) in [7, 11) is 0. The number of carbonyl (C=O) groups is 3. The van der Waals surface area contributed by atoms with Crippen LogP contribution in [0.1, 0.15) is 25.3 Å². The van der Waals surface area contributed by atoms with Gasteiger partial charge in [0.15, 0.2) is 0 Å². The van der Waals surface area contributed by atoms with Gasteiger partial charge in [0.25, 0.3) is 0 Å². The van der Waals surface area contributed by atoms with Crippen LogP contribution in [-0.4, -0.2) is 35.7 Å². The first-order valence-electron chi connectivity index (χ1n) is 9.51. The molecule has 3 rings (SSSR count). The lowest BCUT2D eigenvalue weighted by molar-refractivity contribution is -0.128. The molecule has 0 aromatic heterocycles. The van der Waals surface area contributed by atoms with Crippen LogP contribution in [0.4, 0.5) is 11.4 Å². The number of amides is 3. The Morgan fingerprint density at radius 2 is 1.64 bits per heavy atom. The molecule has 1 heterocycles. The van der Waals surface area contributed by atoms with Crippen molar-refractivity contribution >= 4 is 29.1 Å².